The third-order valence-electron chi connectivity index (χ3n) is 0.869. The van der Waals surface area contributed by atoms with E-state index in [-0.39, 0.29) is 0 Å². The average Bonchev–Trinajstić information content (AvgIpc) is 1.89. The van der Waals surface area contributed by atoms with Crippen molar-refractivity contribution in [2.45, 2.75) is 6.92 Å². The van der Waals surface area contributed by atoms with Crippen LogP contribution in [0.5, 0.6) is 0 Å². The Morgan fingerprint density at radius 2 is 2.22 bits per heavy atom. The first kappa shape index (κ1) is 8.35. The molecule has 0 unspecified atom stereocenters. The Labute approximate surface area is 59.0 Å². The summed E-state index contributed by atoms with van der Waals surface area (Å²) in [6.45, 7) is 5.46. The summed E-state index contributed by atoms with van der Waals surface area (Å²) in [5.74, 6) is 0. The van der Waals surface area contributed by atoms with E-state index >= 15 is 0 Å². The van der Waals surface area contributed by atoms with Crippen molar-refractivity contribution in [2.75, 3.05) is 0 Å². The summed E-state index contributed by atoms with van der Waals surface area (Å²) < 4.78 is 0. The van der Waals surface area contributed by atoms with Crippen LogP contribution in [0.2, 0.25) is 0 Å². The molecule has 0 rings (SSSR count). The van der Waals surface area contributed by atoms with Crippen molar-refractivity contribution in [1.29, 1.82) is 0 Å². The molecular formula is C7H9B2. The molecule has 0 aliphatic heterocycles. The minimum Gasteiger partial charge on any atom is -0.122 e. The highest BCUT2D eigenvalue weighted by Crippen LogP contribution is 1.87. The summed E-state index contributed by atoms with van der Waals surface area (Å²) in [4.78, 5) is 0. The van der Waals surface area contributed by atoms with Gasteiger partial charge < -0.3 is 0 Å². The predicted molar refractivity (Wildman–Crippen MR) is 44.6 cm³/mol. The maximum atomic E-state index is 5.20. The molecule has 0 aliphatic carbocycles. The zero-order valence-corrected chi connectivity index (χ0v) is 5.67. The molecule has 3 radical (unpaired) electrons. The van der Waals surface area contributed by atoms with Gasteiger partial charge in [-0.2, -0.15) is 0 Å². The summed E-state index contributed by atoms with van der Waals surface area (Å²) in [5, 5.41) is 0. The minimum atomic E-state index is 1.05. The molecule has 43 valence electrons. The maximum absolute atomic E-state index is 5.20. The van der Waals surface area contributed by atoms with Crippen LogP contribution in [0.25, 0.3) is 0 Å². The van der Waals surface area contributed by atoms with Crippen LogP contribution >= 0.6 is 0 Å². The first-order valence-electron chi connectivity index (χ1n) is 2.82. The van der Waals surface area contributed by atoms with Crippen LogP contribution in [0.15, 0.2) is 36.4 Å². The van der Waals surface area contributed by atoms with E-state index in [1.807, 2.05) is 25.2 Å². The van der Waals surface area contributed by atoms with Gasteiger partial charge in [0.05, 0.1) is 7.17 Å². The Bertz CT molecular complexity index is 134. The van der Waals surface area contributed by atoms with E-state index in [9.17, 15) is 0 Å². The van der Waals surface area contributed by atoms with E-state index in [4.69, 9.17) is 7.74 Å². The number of hydrogen-bond donors (Lipinski definition) is 0. The predicted octanol–water partition coefficient (Wildman–Crippen LogP) is 1.42. The lowest BCUT2D eigenvalue weighted by Crippen LogP contribution is -1.88. The van der Waals surface area contributed by atoms with E-state index in [0.717, 1.165) is 5.47 Å². The second-order valence-corrected chi connectivity index (χ2v) is 1.70. The van der Waals surface area contributed by atoms with E-state index in [1.165, 1.54) is 0 Å². The zero-order valence-electron chi connectivity index (χ0n) is 5.67. The molecule has 0 amide bonds. The van der Waals surface area contributed by atoms with Gasteiger partial charge in [0.15, 0.2) is 0 Å². The highest BCUT2D eigenvalue weighted by Gasteiger charge is 1.77. The Morgan fingerprint density at radius 3 is 2.67 bits per heavy atom. The standard InChI is InChI=1S/C7H9B2/c1-3-4-5-6-7(2)9-8/h3-6H,1H2,2H3/b5-4-,7-6+. The van der Waals surface area contributed by atoms with Gasteiger partial charge in [-0.25, -0.2) is 0 Å². The molecule has 0 aromatic carbocycles. The summed E-state index contributed by atoms with van der Waals surface area (Å²) in [5.41, 5.74) is 1.05. The SMILES string of the molecule is [B][B]/C(C)=C/C=C\C=C. The van der Waals surface area contributed by atoms with E-state index in [1.54, 1.807) is 13.2 Å². The molecule has 0 aromatic rings. The summed E-state index contributed by atoms with van der Waals surface area (Å²) >= 11 is 0. The van der Waals surface area contributed by atoms with Crippen LogP contribution in [0.3, 0.4) is 0 Å². The molecule has 0 bridgehead atoms. The second-order valence-electron chi connectivity index (χ2n) is 1.70. The van der Waals surface area contributed by atoms with Crippen LogP contribution in [0.1, 0.15) is 6.92 Å². The Morgan fingerprint density at radius 1 is 1.56 bits per heavy atom. The smallest absolute Gasteiger partial charge is 0.0897 e. The van der Waals surface area contributed by atoms with Gasteiger partial charge in [-0.15, -0.1) is 5.47 Å². The topological polar surface area (TPSA) is 0 Å². The van der Waals surface area contributed by atoms with Crippen molar-refractivity contribution in [1.82, 2.24) is 0 Å². The van der Waals surface area contributed by atoms with Crippen LogP contribution in [0, 0.1) is 0 Å². The maximum Gasteiger partial charge on any atom is 0.0897 e. The lowest BCUT2D eigenvalue weighted by atomic mass is 9.51. The molecule has 0 heterocycles. The third kappa shape index (κ3) is 5.22. The Balaban J connectivity index is 3.67. The second kappa shape index (κ2) is 5.49. The lowest BCUT2D eigenvalue weighted by Gasteiger charge is -1.86. The van der Waals surface area contributed by atoms with Gasteiger partial charge in [0, 0.05) is 7.74 Å². The molecule has 0 saturated heterocycles. The quantitative estimate of drug-likeness (QED) is 0.385. The van der Waals surface area contributed by atoms with Crippen LogP contribution in [-0.2, 0) is 0 Å². The first-order valence-corrected chi connectivity index (χ1v) is 2.82. The molecule has 0 aromatic heterocycles. The van der Waals surface area contributed by atoms with E-state index < -0.39 is 0 Å². The highest BCUT2D eigenvalue weighted by molar-refractivity contribution is 6.93. The van der Waals surface area contributed by atoms with Crippen molar-refractivity contribution in [2.24, 2.45) is 0 Å². The summed E-state index contributed by atoms with van der Waals surface area (Å²) in [7, 11) is 6.76. The van der Waals surface area contributed by atoms with Crippen LogP contribution in [0.4, 0.5) is 0 Å². The van der Waals surface area contributed by atoms with Crippen molar-refractivity contribution < 1.29 is 0 Å². The van der Waals surface area contributed by atoms with Crippen LogP contribution in [-0.4, -0.2) is 14.9 Å². The van der Waals surface area contributed by atoms with Crippen molar-refractivity contribution in [3.8, 4) is 0 Å². The summed E-state index contributed by atoms with van der Waals surface area (Å²) in [6, 6.07) is 0. The Hall–Kier alpha value is -0.650. The van der Waals surface area contributed by atoms with E-state index in [0.29, 0.717) is 0 Å². The Kier molecular flexibility index (Phi) is 5.09. The van der Waals surface area contributed by atoms with Gasteiger partial charge in [0.25, 0.3) is 0 Å². The molecule has 0 spiro atoms. The molecular weight excluding hydrogens is 106 g/mol. The van der Waals surface area contributed by atoms with Gasteiger partial charge in [0.2, 0.25) is 0 Å². The van der Waals surface area contributed by atoms with Crippen LogP contribution < -0.4 is 0 Å². The first-order chi connectivity index (χ1) is 4.31. The zero-order chi connectivity index (χ0) is 7.11. The number of rotatable bonds is 3. The largest absolute Gasteiger partial charge is 0.122 e. The van der Waals surface area contributed by atoms with Crippen molar-refractivity contribution in [3.63, 3.8) is 0 Å². The monoisotopic (exact) mass is 115 g/mol. The molecule has 0 nitrogen and oxygen atoms in total. The number of hydrogen-bond acceptors (Lipinski definition) is 0. The van der Waals surface area contributed by atoms with Gasteiger partial charge in [-0.3, -0.25) is 0 Å². The molecule has 0 N–H and O–H groups in total. The van der Waals surface area contributed by atoms with Gasteiger partial charge in [0.1, 0.15) is 0 Å². The van der Waals surface area contributed by atoms with E-state index in [2.05, 4.69) is 6.58 Å². The van der Waals surface area contributed by atoms with Gasteiger partial charge in [-0.05, 0) is 0 Å². The fourth-order valence-corrected chi connectivity index (χ4v) is 0.341. The normalized spacial score (nSPS) is 11.9. The third-order valence-corrected chi connectivity index (χ3v) is 0.869. The molecule has 9 heavy (non-hydrogen) atoms. The summed E-state index contributed by atoms with van der Waals surface area (Å²) in [6.07, 6.45) is 7.39. The van der Waals surface area contributed by atoms with Gasteiger partial charge in [-0.1, -0.05) is 37.8 Å². The molecule has 0 fully saturated rings. The molecule has 0 atom stereocenters. The van der Waals surface area contributed by atoms with Gasteiger partial charge >= 0.3 is 0 Å². The van der Waals surface area contributed by atoms with Crippen molar-refractivity contribution in [3.05, 3.63) is 36.4 Å². The minimum absolute atomic E-state index is 1.05. The average molecular weight is 115 g/mol. The fourth-order valence-electron chi connectivity index (χ4n) is 0.341. The molecule has 2 heteroatoms. The molecule has 0 saturated carbocycles. The molecule has 0 aliphatic rings. The fraction of sp³-hybridized carbons (Fsp3) is 0.143. The highest BCUT2D eigenvalue weighted by atomic mass is 13.7. The lowest BCUT2D eigenvalue weighted by molar-refractivity contribution is 1.65. The number of allylic oxidation sites excluding steroid dienone is 5. The van der Waals surface area contributed by atoms with Crippen molar-refractivity contribution >= 4 is 14.9 Å².